The van der Waals surface area contributed by atoms with Gasteiger partial charge in [-0.25, -0.2) is 0 Å². The first kappa shape index (κ1) is 15.5. The van der Waals surface area contributed by atoms with Crippen LogP contribution in [0.15, 0.2) is 0 Å². The Labute approximate surface area is 105 Å². The van der Waals surface area contributed by atoms with Gasteiger partial charge in [0.25, 0.3) is 0 Å². The Morgan fingerprint density at radius 1 is 1.20 bits per heavy atom. The first-order valence-corrected chi connectivity index (χ1v) is 7.68. The first-order valence-electron chi connectivity index (χ1n) is 6.56. The summed E-state index contributed by atoms with van der Waals surface area (Å²) in [7, 11) is 0. The van der Waals surface area contributed by atoms with Crippen molar-refractivity contribution in [2.45, 2.75) is 66.7 Å². The second kappa shape index (κ2) is 7.70. The average Bonchev–Trinajstić information content (AvgIpc) is 2.23. The van der Waals surface area contributed by atoms with Crippen molar-refractivity contribution < 1.29 is 0 Å². The molecule has 0 nitrogen and oxygen atoms in total. The van der Waals surface area contributed by atoms with Crippen molar-refractivity contribution in [1.82, 2.24) is 0 Å². The van der Waals surface area contributed by atoms with E-state index in [4.69, 9.17) is 0 Å². The summed E-state index contributed by atoms with van der Waals surface area (Å²) in [4.78, 5) is 0. The van der Waals surface area contributed by atoms with Crippen LogP contribution in [0.1, 0.15) is 66.7 Å². The minimum atomic E-state index is 0.481. The Morgan fingerprint density at radius 3 is 2.13 bits per heavy atom. The molecule has 15 heavy (non-hydrogen) atoms. The number of rotatable bonds is 8. The van der Waals surface area contributed by atoms with Crippen LogP contribution in [-0.2, 0) is 0 Å². The van der Waals surface area contributed by atoms with Gasteiger partial charge in [-0.05, 0) is 23.7 Å². The van der Waals surface area contributed by atoms with Crippen LogP contribution in [0.3, 0.4) is 0 Å². The zero-order valence-electron chi connectivity index (χ0n) is 11.3. The summed E-state index contributed by atoms with van der Waals surface area (Å²) < 4.78 is 0. The molecule has 0 aromatic rings. The monoisotopic (exact) mass is 276 g/mol. The zero-order valence-corrected chi connectivity index (χ0v) is 12.9. The largest absolute Gasteiger partial charge is 0.0922 e. The molecule has 0 aliphatic heterocycles. The number of hydrogen-bond acceptors (Lipinski definition) is 0. The maximum Gasteiger partial charge on any atom is 0.00878 e. The van der Waals surface area contributed by atoms with Gasteiger partial charge in [0.15, 0.2) is 0 Å². The lowest BCUT2D eigenvalue weighted by atomic mass is 9.73. The Balaban J connectivity index is 4.23. The molecular formula is C14H29Br. The maximum atomic E-state index is 3.70. The number of halogens is 1. The molecule has 0 aliphatic carbocycles. The highest BCUT2D eigenvalue weighted by molar-refractivity contribution is 9.09. The molecule has 0 aromatic heterocycles. The Hall–Kier alpha value is 0.480. The highest BCUT2D eigenvalue weighted by atomic mass is 79.9. The highest BCUT2D eigenvalue weighted by Crippen LogP contribution is 2.38. The van der Waals surface area contributed by atoms with E-state index >= 15 is 0 Å². The third kappa shape index (κ3) is 5.38. The first-order chi connectivity index (χ1) is 7.00. The molecule has 92 valence electrons. The van der Waals surface area contributed by atoms with Gasteiger partial charge in [0, 0.05) is 5.33 Å². The molecule has 0 rings (SSSR count). The summed E-state index contributed by atoms with van der Waals surface area (Å²) in [5.74, 6) is 1.70. The molecule has 0 bridgehead atoms. The summed E-state index contributed by atoms with van der Waals surface area (Å²) in [6, 6.07) is 0. The standard InChI is InChI=1S/C14H29Br/c1-6-8-9-13(7-2)10-14(5,11-15)12(3)4/h12-13H,6-11H2,1-5H3. The van der Waals surface area contributed by atoms with Crippen molar-refractivity contribution >= 4 is 15.9 Å². The van der Waals surface area contributed by atoms with E-state index in [1.165, 1.54) is 32.1 Å². The summed E-state index contributed by atoms with van der Waals surface area (Å²) in [6.07, 6.45) is 6.88. The normalized spacial score (nSPS) is 17.8. The average molecular weight is 277 g/mol. The Morgan fingerprint density at radius 2 is 1.80 bits per heavy atom. The van der Waals surface area contributed by atoms with Gasteiger partial charge in [-0.15, -0.1) is 0 Å². The summed E-state index contributed by atoms with van der Waals surface area (Å²) in [5, 5.41) is 1.14. The fourth-order valence-electron chi connectivity index (χ4n) is 2.05. The molecule has 0 fully saturated rings. The second-order valence-corrected chi connectivity index (χ2v) is 6.12. The predicted molar refractivity (Wildman–Crippen MR) is 74.7 cm³/mol. The van der Waals surface area contributed by atoms with E-state index in [9.17, 15) is 0 Å². The van der Waals surface area contributed by atoms with Gasteiger partial charge >= 0.3 is 0 Å². The molecule has 0 heterocycles. The van der Waals surface area contributed by atoms with Gasteiger partial charge in [-0.3, -0.25) is 0 Å². The molecule has 0 radical (unpaired) electrons. The fraction of sp³-hybridized carbons (Fsp3) is 1.00. The van der Waals surface area contributed by atoms with Crippen molar-refractivity contribution in [1.29, 1.82) is 0 Å². The minimum absolute atomic E-state index is 0.481. The number of unbranched alkanes of at least 4 members (excludes halogenated alkanes) is 1. The van der Waals surface area contributed by atoms with E-state index in [1.54, 1.807) is 0 Å². The van der Waals surface area contributed by atoms with Crippen LogP contribution >= 0.6 is 15.9 Å². The molecule has 0 N–H and O–H groups in total. The Bertz CT molecular complexity index is 153. The smallest absolute Gasteiger partial charge is 0.00878 e. The van der Waals surface area contributed by atoms with Gasteiger partial charge in [-0.1, -0.05) is 76.2 Å². The van der Waals surface area contributed by atoms with Gasteiger partial charge in [0.05, 0.1) is 0 Å². The molecule has 2 atom stereocenters. The lowest BCUT2D eigenvalue weighted by Gasteiger charge is -2.35. The molecule has 0 amide bonds. The SMILES string of the molecule is CCCCC(CC)CC(C)(CBr)C(C)C. The molecule has 0 aliphatic rings. The molecule has 0 spiro atoms. The van der Waals surface area contributed by atoms with Crippen LogP contribution in [-0.4, -0.2) is 5.33 Å². The van der Waals surface area contributed by atoms with E-state index in [0.29, 0.717) is 5.41 Å². The van der Waals surface area contributed by atoms with Crippen LogP contribution in [0.2, 0.25) is 0 Å². The third-order valence-corrected chi connectivity index (χ3v) is 5.28. The molecule has 2 unspecified atom stereocenters. The number of hydrogen-bond donors (Lipinski definition) is 0. The Kier molecular flexibility index (Phi) is 7.95. The van der Waals surface area contributed by atoms with Crippen LogP contribution in [0.4, 0.5) is 0 Å². The van der Waals surface area contributed by atoms with Crippen LogP contribution in [0.5, 0.6) is 0 Å². The minimum Gasteiger partial charge on any atom is -0.0922 e. The quantitative estimate of drug-likeness (QED) is 0.503. The van der Waals surface area contributed by atoms with Crippen LogP contribution in [0, 0.1) is 17.3 Å². The highest BCUT2D eigenvalue weighted by Gasteiger charge is 2.29. The molecule has 1 heteroatoms. The van der Waals surface area contributed by atoms with Crippen molar-refractivity contribution in [3.8, 4) is 0 Å². The lowest BCUT2D eigenvalue weighted by Crippen LogP contribution is -2.28. The number of alkyl halides is 1. The van der Waals surface area contributed by atoms with Crippen molar-refractivity contribution in [3.63, 3.8) is 0 Å². The molecule has 0 saturated heterocycles. The predicted octanol–water partition coefficient (Wildman–Crippen LogP) is 5.65. The van der Waals surface area contributed by atoms with E-state index in [1.807, 2.05) is 0 Å². The molecular weight excluding hydrogens is 248 g/mol. The van der Waals surface area contributed by atoms with Crippen molar-refractivity contribution in [2.24, 2.45) is 17.3 Å². The molecule has 0 saturated carbocycles. The topological polar surface area (TPSA) is 0 Å². The fourth-order valence-corrected chi connectivity index (χ4v) is 2.92. The summed E-state index contributed by atoms with van der Waals surface area (Å²) in [5.41, 5.74) is 0.481. The van der Waals surface area contributed by atoms with Gasteiger partial charge in [-0.2, -0.15) is 0 Å². The van der Waals surface area contributed by atoms with Gasteiger partial charge < -0.3 is 0 Å². The van der Waals surface area contributed by atoms with Crippen LogP contribution in [0.25, 0.3) is 0 Å². The zero-order chi connectivity index (χ0) is 11.9. The third-order valence-electron chi connectivity index (χ3n) is 4.00. The molecule has 0 aromatic carbocycles. The van der Waals surface area contributed by atoms with Crippen LogP contribution < -0.4 is 0 Å². The van der Waals surface area contributed by atoms with Gasteiger partial charge in [0.1, 0.15) is 0 Å². The van der Waals surface area contributed by atoms with E-state index in [2.05, 4.69) is 50.5 Å². The van der Waals surface area contributed by atoms with E-state index in [0.717, 1.165) is 17.2 Å². The lowest BCUT2D eigenvalue weighted by molar-refractivity contribution is 0.185. The second-order valence-electron chi connectivity index (χ2n) is 5.56. The van der Waals surface area contributed by atoms with Crippen molar-refractivity contribution in [3.05, 3.63) is 0 Å². The summed E-state index contributed by atoms with van der Waals surface area (Å²) in [6.45, 7) is 11.8. The van der Waals surface area contributed by atoms with E-state index < -0.39 is 0 Å². The van der Waals surface area contributed by atoms with E-state index in [-0.39, 0.29) is 0 Å². The maximum absolute atomic E-state index is 3.70. The summed E-state index contributed by atoms with van der Waals surface area (Å²) >= 11 is 3.70. The van der Waals surface area contributed by atoms with Crippen molar-refractivity contribution in [2.75, 3.05) is 5.33 Å². The van der Waals surface area contributed by atoms with Gasteiger partial charge in [0.2, 0.25) is 0 Å².